The van der Waals surface area contributed by atoms with Crippen molar-refractivity contribution in [2.24, 2.45) is 10.9 Å². The van der Waals surface area contributed by atoms with Gasteiger partial charge in [0.05, 0.1) is 18.7 Å². The molecule has 1 fully saturated rings. The number of nitrogens with zero attached hydrogens (tertiary/aromatic N) is 3. The summed E-state index contributed by atoms with van der Waals surface area (Å²) in [6.07, 6.45) is -2.59. The summed E-state index contributed by atoms with van der Waals surface area (Å²) in [6.45, 7) is 3.14. The van der Waals surface area contributed by atoms with Gasteiger partial charge in [0, 0.05) is 45.4 Å². The van der Waals surface area contributed by atoms with E-state index in [1.54, 1.807) is 7.05 Å². The second-order valence-corrected chi connectivity index (χ2v) is 5.82. The number of rotatable bonds is 6. The lowest BCUT2D eigenvalue weighted by atomic mass is 10.1. The average molecular weight is 360 g/mol. The van der Waals surface area contributed by atoms with Crippen molar-refractivity contribution in [2.75, 3.05) is 47.0 Å². The van der Waals surface area contributed by atoms with E-state index >= 15 is 0 Å². The number of guanidine groups is 1. The zero-order valence-electron chi connectivity index (χ0n) is 14.3. The van der Waals surface area contributed by atoms with Gasteiger partial charge in [0.15, 0.2) is 5.96 Å². The SMILES string of the molecule is CN=C(NCCOc1ccc(C(F)(F)F)cn1)N(C)CC1CCOC1. The Morgan fingerprint density at radius 2 is 2.28 bits per heavy atom. The number of pyridine rings is 1. The maximum Gasteiger partial charge on any atom is 0.417 e. The van der Waals surface area contributed by atoms with Gasteiger partial charge < -0.3 is 19.7 Å². The van der Waals surface area contributed by atoms with Gasteiger partial charge in [-0.1, -0.05) is 0 Å². The van der Waals surface area contributed by atoms with Gasteiger partial charge in [-0.3, -0.25) is 4.99 Å². The highest BCUT2D eigenvalue weighted by atomic mass is 19.4. The summed E-state index contributed by atoms with van der Waals surface area (Å²) in [5.74, 6) is 1.38. The molecule has 0 amide bonds. The second-order valence-electron chi connectivity index (χ2n) is 5.82. The Bertz CT molecular complexity index is 557. The Morgan fingerprint density at radius 1 is 1.48 bits per heavy atom. The van der Waals surface area contributed by atoms with E-state index in [9.17, 15) is 13.2 Å². The van der Waals surface area contributed by atoms with Crippen molar-refractivity contribution < 1.29 is 22.6 Å². The summed E-state index contributed by atoms with van der Waals surface area (Å²) in [5, 5.41) is 3.15. The Hall–Kier alpha value is -2.03. The van der Waals surface area contributed by atoms with Crippen LogP contribution in [0.4, 0.5) is 13.2 Å². The number of aliphatic imine (C=N–C) groups is 1. The summed E-state index contributed by atoms with van der Waals surface area (Å²) in [5.41, 5.74) is -0.795. The Morgan fingerprint density at radius 3 is 2.84 bits per heavy atom. The number of nitrogens with one attached hydrogen (secondary N) is 1. The molecule has 1 saturated heterocycles. The third kappa shape index (κ3) is 6.08. The van der Waals surface area contributed by atoms with E-state index < -0.39 is 11.7 Å². The monoisotopic (exact) mass is 360 g/mol. The van der Waals surface area contributed by atoms with Crippen LogP contribution in [-0.2, 0) is 10.9 Å². The standard InChI is InChI=1S/C16H23F3N4O2/c1-20-15(23(2)10-12-5-7-24-11-12)21-6-8-25-14-4-3-13(9-22-14)16(17,18)19/h3-4,9,12H,5-8,10-11H2,1-2H3,(H,20,21). The fraction of sp³-hybridized carbons (Fsp3) is 0.625. The minimum absolute atomic E-state index is 0.154. The lowest BCUT2D eigenvalue weighted by Crippen LogP contribution is -2.42. The van der Waals surface area contributed by atoms with E-state index in [1.807, 2.05) is 11.9 Å². The smallest absolute Gasteiger partial charge is 0.417 e. The van der Waals surface area contributed by atoms with Crippen LogP contribution < -0.4 is 10.1 Å². The molecule has 0 spiro atoms. The molecule has 9 heteroatoms. The van der Waals surface area contributed by atoms with Gasteiger partial charge in [-0.05, 0) is 12.5 Å². The third-order valence-corrected chi connectivity index (χ3v) is 3.83. The lowest BCUT2D eigenvalue weighted by molar-refractivity contribution is -0.137. The van der Waals surface area contributed by atoms with Crippen LogP contribution in [0.15, 0.2) is 23.3 Å². The Labute approximate surface area is 145 Å². The van der Waals surface area contributed by atoms with Crippen LogP contribution >= 0.6 is 0 Å². The summed E-state index contributed by atoms with van der Waals surface area (Å²) >= 11 is 0. The molecule has 6 nitrogen and oxygen atoms in total. The summed E-state index contributed by atoms with van der Waals surface area (Å²) in [4.78, 5) is 9.89. The molecule has 1 unspecified atom stereocenters. The molecule has 1 atom stereocenters. The third-order valence-electron chi connectivity index (χ3n) is 3.83. The molecular formula is C16H23F3N4O2. The van der Waals surface area contributed by atoms with E-state index in [4.69, 9.17) is 9.47 Å². The molecule has 0 aromatic carbocycles. The summed E-state index contributed by atoms with van der Waals surface area (Å²) in [7, 11) is 3.65. The molecule has 0 saturated carbocycles. The van der Waals surface area contributed by atoms with Gasteiger partial charge in [0.25, 0.3) is 0 Å². The van der Waals surface area contributed by atoms with Gasteiger partial charge in [-0.15, -0.1) is 0 Å². The molecule has 25 heavy (non-hydrogen) atoms. The molecule has 140 valence electrons. The fourth-order valence-electron chi connectivity index (χ4n) is 2.54. The molecule has 1 N–H and O–H groups in total. The molecule has 2 heterocycles. The van der Waals surface area contributed by atoms with Crippen molar-refractivity contribution in [1.29, 1.82) is 0 Å². The Kier molecular flexibility index (Phi) is 6.86. The fourth-order valence-corrected chi connectivity index (χ4v) is 2.54. The largest absolute Gasteiger partial charge is 0.476 e. The van der Waals surface area contributed by atoms with Crippen molar-refractivity contribution in [3.8, 4) is 5.88 Å². The van der Waals surface area contributed by atoms with Crippen LogP contribution in [-0.4, -0.2) is 62.8 Å². The first kappa shape index (κ1) is 19.3. The van der Waals surface area contributed by atoms with Crippen LogP contribution in [0.3, 0.4) is 0 Å². The summed E-state index contributed by atoms with van der Waals surface area (Å²) in [6, 6.07) is 2.16. The van der Waals surface area contributed by atoms with Gasteiger partial charge in [-0.25, -0.2) is 4.98 Å². The normalized spacial score (nSPS) is 18.3. The van der Waals surface area contributed by atoms with E-state index in [0.717, 1.165) is 44.4 Å². The van der Waals surface area contributed by atoms with E-state index in [-0.39, 0.29) is 12.5 Å². The molecule has 0 bridgehead atoms. The van der Waals surface area contributed by atoms with Gasteiger partial charge >= 0.3 is 6.18 Å². The van der Waals surface area contributed by atoms with Crippen molar-refractivity contribution >= 4 is 5.96 Å². The predicted molar refractivity (Wildman–Crippen MR) is 87.7 cm³/mol. The maximum absolute atomic E-state index is 12.5. The molecule has 1 aliphatic heterocycles. The van der Waals surface area contributed by atoms with Crippen LogP contribution in [0.2, 0.25) is 0 Å². The maximum atomic E-state index is 12.5. The number of halogens is 3. The van der Waals surface area contributed by atoms with Crippen molar-refractivity contribution in [3.05, 3.63) is 23.9 Å². The van der Waals surface area contributed by atoms with E-state index in [2.05, 4.69) is 15.3 Å². The van der Waals surface area contributed by atoms with Gasteiger partial charge in [0.2, 0.25) is 5.88 Å². The zero-order valence-corrected chi connectivity index (χ0v) is 14.3. The molecule has 0 radical (unpaired) electrons. The topological polar surface area (TPSA) is 59.0 Å². The van der Waals surface area contributed by atoms with Crippen molar-refractivity contribution in [2.45, 2.75) is 12.6 Å². The van der Waals surface area contributed by atoms with Crippen LogP contribution in [0, 0.1) is 5.92 Å². The molecule has 1 aromatic rings. The average Bonchev–Trinajstić information content (AvgIpc) is 3.07. The quantitative estimate of drug-likeness (QED) is 0.478. The van der Waals surface area contributed by atoms with E-state index in [0.29, 0.717) is 12.5 Å². The van der Waals surface area contributed by atoms with Crippen LogP contribution in [0.25, 0.3) is 0 Å². The highest BCUT2D eigenvalue weighted by Gasteiger charge is 2.30. The number of aromatic nitrogens is 1. The minimum atomic E-state index is -4.39. The number of alkyl halides is 3. The predicted octanol–water partition coefficient (Wildman–Crippen LogP) is 2.02. The first-order valence-corrected chi connectivity index (χ1v) is 8.05. The molecule has 1 aliphatic rings. The molecule has 1 aromatic heterocycles. The first-order chi connectivity index (χ1) is 11.9. The second kappa shape index (κ2) is 8.89. The highest BCUT2D eigenvalue weighted by Crippen LogP contribution is 2.29. The summed E-state index contributed by atoms with van der Waals surface area (Å²) < 4.78 is 48.1. The molecule has 2 rings (SSSR count). The lowest BCUT2D eigenvalue weighted by Gasteiger charge is -2.24. The Balaban J connectivity index is 1.71. The molecule has 0 aliphatic carbocycles. The number of ether oxygens (including phenoxy) is 2. The number of hydrogen-bond acceptors (Lipinski definition) is 4. The minimum Gasteiger partial charge on any atom is -0.476 e. The van der Waals surface area contributed by atoms with Gasteiger partial charge in [0.1, 0.15) is 6.61 Å². The highest BCUT2D eigenvalue weighted by molar-refractivity contribution is 5.79. The van der Waals surface area contributed by atoms with Crippen molar-refractivity contribution in [3.63, 3.8) is 0 Å². The number of hydrogen-bond donors (Lipinski definition) is 1. The first-order valence-electron chi connectivity index (χ1n) is 8.05. The van der Waals surface area contributed by atoms with Gasteiger partial charge in [-0.2, -0.15) is 13.2 Å². The molecular weight excluding hydrogens is 337 g/mol. The van der Waals surface area contributed by atoms with Crippen LogP contribution in [0.5, 0.6) is 5.88 Å². The van der Waals surface area contributed by atoms with Crippen molar-refractivity contribution in [1.82, 2.24) is 15.2 Å². The van der Waals surface area contributed by atoms with E-state index in [1.165, 1.54) is 6.07 Å². The zero-order chi connectivity index (χ0) is 18.3. The van der Waals surface area contributed by atoms with Crippen LogP contribution in [0.1, 0.15) is 12.0 Å².